The van der Waals surface area contributed by atoms with Crippen molar-refractivity contribution in [1.29, 1.82) is 0 Å². The second-order valence-corrected chi connectivity index (χ2v) is 9.38. The molecule has 0 atom stereocenters. The predicted octanol–water partition coefficient (Wildman–Crippen LogP) is 3.78. The van der Waals surface area contributed by atoms with Gasteiger partial charge in [0.05, 0.1) is 17.8 Å². The first kappa shape index (κ1) is 21.3. The van der Waals surface area contributed by atoms with Gasteiger partial charge < -0.3 is 4.74 Å². The largest absolute Gasteiger partial charge is 0.497 e. The molecule has 29 heavy (non-hydrogen) atoms. The molecule has 1 fully saturated rings. The van der Waals surface area contributed by atoms with Gasteiger partial charge in [0.1, 0.15) is 5.75 Å². The molecule has 1 saturated heterocycles. The van der Waals surface area contributed by atoms with Gasteiger partial charge in [-0.3, -0.25) is 10.1 Å². The highest BCUT2D eigenvalue weighted by atomic mass is 32.2. The molecule has 2 aromatic carbocycles. The maximum atomic E-state index is 12.7. The average molecular weight is 419 g/mol. The summed E-state index contributed by atoms with van der Waals surface area (Å²) in [7, 11) is -1.77. The zero-order chi connectivity index (χ0) is 20.9. The zero-order valence-corrected chi connectivity index (χ0v) is 17.3. The molecular formula is C21H26N2O5S. The number of non-ortho nitro benzene ring substituents is 1. The maximum Gasteiger partial charge on any atom is 0.269 e. The van der Waals surface area contributed by atoms with Gasteiger partial charge in [0.2, 0.25) is 10.0 Å². The monoisotopic (exact) mass is 418 g/mol. The third-order valence-corrected chi connectivity index (χ3v) is 7.31. The third kappa shape index (κ3) is 5.77. The van der Waals surface area contributed by atoms with E-state index in [2.05, 4.69) is 12.1 Å². The van der Waals surface area contributed by atoms with Gasteiger partial charge in [0, 0.05) is 25.2 Å². The Morgan fingerprint density at radius 2 is 1.62 bits per heavy atom. The van der Waals surface area contributed by atoms with E-state index in [1.165, 1.54) is 29.8 Å². The van der Waals surface area contributed by atoms with E-state index in [-0.39, 0.29) is 11.4 Å². The topological polar surface area (TPSA) is 89.8 Å². The highest BCUT2D eigenvalue weighted by Crippen LogP contribution is 2.26. The van der Waals surface area contributed by atoms with Crippen LogP contribution in [-0.2, 0) is 22.2 Å². The summed E-state index contributed by atoms with van der Waals surface area (Å²) in [5.74, 6) is 1.24. The Morgan fingerprint density at radius 3 is 2.17 bits per heavy atom. The Bertz CT molecular complexity index is 919. The molecule has 0 unspecified atom stereocenters. The van der Waals surface area contributed by atoms with Gasteiger partial charge >= 0.3 is 0 Å². The van der Waals surface area contributed by atoms with Crippen molar-refractivity contribution in [3.05, 3.63) is 69.8 Å². The number of hydrogen-bond acceptors (Lipinski definition) is 5. The number of piperidine rings is 1. The summed E-state index contributed by atoms with van der Waals surface area (Å²) in [6, 6.07) is 13.8. The summed E-state index contributed by atoms with van der Waals surface area (Å²) >= 11 is 0. The lowest BCUT2D eigenvalue weighted by molar-refractivity contribution is -0.384. The number of nitro benzene ring substituents is 1. The predicted molar refractivity (Wildman–Crippen MR) is 111 cm³/mol. The molecule has 1 heterocycles. The number of ether oxygens (including phenoxy) is 1. The minimum atomic E-state index is -3.42. The van der Waals surface area contributed by atoms with Crippen molar-refractivity contribution < 1.29 is 18.1 Å². The molecule has 7 nitrogen and oxygen atoms in total. The lowest BCUT2D eigenvalue weighted by Gasteiger charge is -2.31. The van der Waals surface area contributed by atoms with Crippen LogP contribution in [0.2, 0.25) is 0 Å². The third-order valence-electron chi connectivity index (χ3n) is 5.46. The summed E-state index contributed by atoms with van der Waals surface area (Å²) in [4.78, 5) is 10.2. The number of benzene rings is 2. The summed E-state index contributed by atoms with van der Waals surface area (Å²) in [6.07, 6.45) is 3.73. The first-order valence-electron chi connectivity index (χ1n) is 9.71. The second kappa shape index (κ2) is 9.37. The Balaban J connectivity index is 1.48. The Labute approximate surface area is 171 Å². The molecule has 1 aliphatic rings. The zero-order valence-electron chi connectivity index (χ0n) is 16.5. The van der Waals surface area contributed by atoms with Gasteiger partial charge in [-0.15, -0.1) is 0 Å². The molecule has 1 aliphatic heterocycles. The quantitative estimate of drug-likeness (QED) is 0.481. The number of rotatable bonds is 8. The average Bonchev–Trinajstić information content (AvgIpc) is 2.73. The van der Waals surface area contributed by atoms with Crippen LogP contribution in [0.25, 0.3) is 0 Å². The van der Waals surface area contributed by atoms with Crippen molar-refractivity contribution in [3.8, 4) is 5.75 Å². The number of nitro groups is 1. The van der Waals surface area contributed by atoms with E-state index in [1.807, 2.05) is 12.1 Å². The molecule has 0 saturated carbocycles. The van der Waals surface area contributed by atoms with Crippen LogP contribution in [0.3, 0.4) is 0 Å². The number of aryl methyl sites for hydroxylation is 1. The molecule has 0 radical (unpaired) electrons. The number of nitrogens with zero attached hydrogens (tertiary/aromatic N) is 2. The fourth-order valence-electron chi connectivity index (χ4n) is 3.65. The van der Waals surface area contributed by atoms with Crippen molar-refractivity contribution in [2.24, 2.45) is 5.92 Å². The van der Waals surface area contributed by atoms with Crippen molar-refractivity contribution >= 4 is 15.7 Å². The van der Waals surface area contributed by atoms with Crippen molar-refractivity contribution in [2.45, 2.75) is 31.4 Å². The van der Waals surface area contributed by atoms with Gasteiger partial charge in [0.15, 0.2) is 0 Å². The maximum absolute atomic E-state index is 12.7. The standard InChI is InChI=1S/C21H26N2O5S/c1-28-21-10-6-17(7-11-21)2-3-18-12-14-22(15-13-18)29(26,27)16-19-4-8-20(9-5-19)23(24)25/h4-11,18H,2-3,12-16H2,1H3. The Kier molecular flexibility index (Phi) is 6.87. The van der Waals surface area contributed by atoms with Crippen LogP contribution in [-0.4, -0.2) is 37.8 Å². The van der Waals surface area contributed by atoms with E-state index in [0.717, 1.165) is 31.4 Å². The van der Waals surface area contributed by atoms with Gasteiger partial charge in [-0.25, -0.2) is 12.7 Å². The lowest BCUT2D eigenvalue weighted by Crippen LogP contribution is -2.39. The number of methoxy groups -OCH3 is 1. The highest BCUT2D eigenvalue weighted by Gasteiger charge is 2.28. The minimum Gasteiger partial charge on any atom is -0.497 e. The van der Waals surface area contributed by atoms with E-state index in [0.29, 0.717) is 24.6 Å². The molecule has 2 aromatic rings. The fraction of sp³-hybridized carbons (Fsp3) is 0.429. The molecule has 8 heteroatoms. The Hall–Kier alpha value is -2.45. The van der Waals surface area contributed by atoms with Crippen LogP contribution in [0.4, 0.5) is 5.69 Å². The van der Waals surface area contributed by atoms with Gasteiger partial charge in [0.25, 0.3) is 5.69 Å². The van der Waals surface area contributed by atoms with Crippen LogP contribution in [0.5, 0.6) is 5.75 Å². The van der Waals surface area contributed by atoms with Crippen molar-refractivity contribution in [1.82, 2.24) is 4.31 Å². The minimum absolute atomic E-state index is 0.0381. The fourth-order valence-corrected chi connectivity index (χ4v) is 5.22. The smallest absolute Gasteiger partial charge is 0.269 e. The molecule has 0 bridgehead atoms. The van der Waals surface area contributed by atoms with Gasteiger partial charge in [-0.2, -0.15) is 0 Å². The van der Waals surface area contributed by atoms with Crippen LogP contribution < -0.4 is 4.74 Å². The lowest BCUT2D eigenvalue weighted by atomic mass is 9.91. The molecule has 0 aromatic heterocycles. The molecular weight excluding hydrogens is 392 g/mol. The molecule has 0 aliphatic carbocycles. The highest BCUT2D eigenvalue weighted by molar-refractivity contribution is 7.88. The molecule has 3 rings (SSSR count). The summed E-state index contributed by atoms with van der Waals surface area (Å²) in [5.41, 5.74) is 1.79. The molecule has 0 amide bonds. The van der Waals surface area contributed by atoms with Gasteiger partial charge in [-0.05, 0) is 54.9 Å². The molecule has 0 N–H and O–H groups in total. The van der Waals surface area contributed by atoms with E-state index in [1.54, 1.807) is 11.4 Å². The molecule has 156 valence electrons. The van der Waals surface area contributed by atoms with E-state index < -0.39 is 14.9 Å². The van der Waals surface area contributed by atoms with Crippen molar-refractivity contribution in [3.63, 3.8) is 0 Å². The van der Waals surface area contributed by atoms with Crippen LogP contribution >= 0.6 is 0 Å². The number of hydrogen-bond donors (Lipinski definition) is 0. The number of sulfonamides is 1. The van der Waals surface area contributed by atoms with E-state index in [4.69, 9.17) is 4.74 Å². The van der Waals surface area contributed by atoms with E-state index in [9.17, 15) is 18.5 Å². The summed E-state index contributed by atoms with van der Waals surface area (Å²) in [5, 5.41) is 10.7. The van der Waals surface area contributed by atoms with Crippen LogP contribution in [0.1, 0.15) is 30.4 Å². The Morgan fingerprint density at radius 1 is 1.03 bits per heavy atom. The van der Waals surface area contributed by atoms with E-state index >= 15 is 0 Å². The van der Waals surface area contributed by atoms with Gasteiger partial charge in [-0.1, -0.05) is 24.3 Å². The van der Waals surface area contributed by atoms with Crippen LogP contribution in [0, 0.1) is 16.0 Å². The van der Waals surface area contributed by atoms with Crippen molar-refractivity contribution in [2.75, 3.05) is 20.2 Å². The first-order chi connectivity index (χ1) is 13.9. The molecule has 0 spiro atoms. The first-order valence-corrected chi connectivity index (χ1v) is 11.3. The summed E-state index contributed by atoms with van der Waals surface area (Å²) < 4.78 is 32.1. The van der Waals surface area contributed by atoms with Crippen LogP contribution in [0.15, 0.2) is 48.5 Å². The summed E-state index contributed by atoms with van der Waals surface area (Å²) in [6.45, 7) is 1.06. The second-order valence-electron chi connectivity index (χ2n) is 7.41. The normalized spacial score (nSPS) is 15.9. The SMILES string of the molecule is COc1ccc(CCC2CCN(S(=O)(=O)Cc3ccc([N+](=O)[O-])cc3)CC2)cc1.